The van der Waals surface area contributed by atoms with E-state index < -0.39 is 6.29 Å². The van der Waals surface area contributed by atoms with Crippen LogP contribution in [0, 0.1) is 0 Å². The van der Waals surface area contributed by atoms with Crippen molar-refractivity contribution in [2.75, 3.05) is 17.6 Å². The number of aliphatic hydroxyl groups excluding tert-OH is 1. The zero-order valence-electron chi connectivity index (χ0n) is 22.9. The van der Waals surface area contributed by atoms with Crippen molar-refractivity contribution in [1.29, 1.82) is 0 Å². The molecule has 1 heterocycles. The second-order valence-corrected chi connectivity index (χ2v) is 11.0. The van der Waals surface area contributed by atoms with Crippen LogP contribution in [0.4, 0.5) is 5.69 Å². The van der Waals surface area contributed by atoms with E-state index in [-0.39, 0.29) is 30.6 Å². The molecule has 2 amide bonds. The summed E-state index contributed by atoms with van der Waals surface area (Å²) in [5.74, 6) is 0.713. The molecule has 8 heteroatoms. The van der Waals surface area contributed by atoms with Gasteiger partial charge in [0.15, 0.2) is 6.29 Å². The van der Waals surface area contributed by atoms with Crippen LogP contribution in [0.1, 0.15) is 68.1 Å². The fraction of sp³-hybridized carbons (Fsp3) is 0.375. The van der Waals surface area contributed by atoms with Crippen LogP contribution >= 0.6 is 11.8 Å². The van der Waals surface area contributed by atoms with Gasteiger partial charge in [-0.15, -0.1) is 11.8 Å². The largest absolute Gasteiger partial charge is 0.392 e. The average molecular weight is 563 g/mol. The molecule has 0 bridgehead atoms. The van der Waals surface area contributed by atoms with Gasteiger partial charge in [0.2, 0.25) is 11.8 Å². The fourth-order valence-corrected chi connectivity index (χ4v) is 5.51. The second-order valence-electron chi connectivity index (χ2n) is 9.94. The molecule has 40 heavy (non-hydrogen) atoms. The van der Waals surface area contributed by atoms with Crippen LogP contribution in [0.5, 0.6) is 0 Å². The number of unbranched alkanes of at least 4 members (excludes halogenated alkanes) is 2. The Kier molecular flexibility index (Phi) is 11.6. The average Bonchev–Trinajstić information content (AvgIpc) is 2.98. The van der Waals surface area contributed by atoms with E-state index in [0.29, 0.717) is 25.1 Å². The van der Waals surface area contributed by atoms with Gasteiger partial charge in [-0.05, 0) is 48.2 Å². The van der Waals surface area contributed by atoms with Crippen molar-refractivity contribution in [2.45, 2.75) is 69.0 Å². The van der Waals surface area contributed by atoms with Gasteiger partial charge in [-0.3, -0.25) is 9.59 Å². The lowest BCUT2D eigenvalue weighted by Crippen LogP contribution is -2.31. The lowest BCUT2D eigenvalue weighted by Gasteiger charge is -2.36. The summed E-state index contributed by atoms with van der Waals surface area (Å²) in [6, 6.07) is 25.8. The van der Waals surface area contributed by atoms with Gasteiger partial charge in [0.05, 0.1) is 18.8 Å². The summed E-state index contributed by atoms with van der Waals surface area (Å²) in [4.78, 5) is 24.7. The first-order valence-electron chi connectivity index (χ1n) is 13.8. The number of anilines is 1. The SMILES string of the molecule is CC(=O)NCCCCCC(=O)Nc1cccc([C@H]2O[C@@H](CSc3ccccc3)C[C@@H](c3ccc(CO)cc3)O2)c1. The molecule has 0 aromatic heterocycles. The number of thioether (sulfide) groups is 1. The summed E-state index contributed by atoms with van der Waals surface area (Å²) in [6.07, 6.45) is 2.84. The first-order valence-corrected chi connectivity index (χ1v) is 14.8. The number of aliphatic hydroxyl groups is 1. The molecule has 4 rings (SSSR count). The van der Waals surface area contributed by atoms with Crippen LogP contribution in [0.3, 0.4) is 0 Å². The van der Waals surface area contributed by atoms with Gasteiger partial charge in [-0.25, -0.2) is 0 Å². The summed E-state index contributed by atoms with van der Waals surface area (Å²) in [5, 5.41) is 15.2. The van der Waals surface area contributed by atoms with Gasteiger partial charge in [-0.1, -0.05) is 61.0 Å². The predicted octanol–water partition coefficient (Wildman–Crippen LogP) is 6.15. The Bertz CT molecular complexity index is 1220. The van der Waals surface area contributed by atoms with Crippen LogP contribution in [-0.2, 0) is 25.7 Å². The summed E-state index contributed by atoms with van der Waals surface area (Å²) >= 11 is 1.76. The Morgan fingerprint density at radius 2 is 1.73 bits per heavy atom. The number of carbonyl (C=O) groups excluding carboxylic acids is 2. The van der Waals surface area contributed by atoms with Crippen molar-refractivity contribution in [3.8, 4) is 0 Å². The monoisotopic (exact) mass is 562 g/mol. The minimum Gasteiger partial charge on any atom is -0.392 e. The molecule has 0 spiro atoms. The lowest BCUT2D eigenvalue weighted by molar-refractivity contribution is -0.245. The van der Waals surface area contributed by atoms with Crippen molar-refractivity contribution in [3.63, 3.8) is 0 Å². The Labute approximate surface area is 240 Å². The number of amides is 2. The van der Waals surface area contributed by atoms with Gasteiger partial charge in [0.1, 0.15) is 0 Å². The molecule has 0 aliphatic carbocycles. The molecule has 7 nitrogen and oxygen atoms in total. The third kappa shape index (κ3) is 9.48. The van der Waals surface area contributed by atoms with Crippen LogP contribution in [0.25, 0.3) is 0 Å². The number of benzene rings is 3. The highest BCUT2D eigenvalue weighted by Crippen LogP contribution is 2.39. The molecule has 3 N–H and O–H groups in total. The number of ether oxygens (including phenoxy) is 2. The summed E-state index contributed by atoms with van der Waals surface area (Å²) < 4.78 is 12.9. The van der Waals surface area contributed by atoms with Crippen LogP contribution in [0.2, 0.25) is 0 Å². The zero-order chi connectivity index (χ0) is 28.2. The lowest BCUT2D eigenvalue weighted by atomic mass is 10.0. The summed E-state index contributed by atoms with van der Waals surface area (Å²) in [5.41, 5.74) is 3.46. The van der Waals surface area contributed by atoms with E-state index in [0.717, 1.165) is 41.7 Å². The number of hydrogen-bond donors (Lipinski definition) is 3. The van der Waals surface area contributed by atoms with Crippen LogP contribution in [0.15, 0.2) is 83.8 Å². The van der Waals surface area contributed by atoms with E-state index in [4.69, 9.17) is 9.47 Å². The Hall–Kier alpha value is -3.17. The van der Waals surface area contributed by atoms with Crippen molar-refractivity contribution < 1.29 is 24.2 Å². The third-order valence-electron chi connectivity index (χ3n) is 6.69. The predicted molar refractivity (Wildman–Crippen MR) is 158 cm³/mol. The molecule has 3 aromatic carbocycles. The number of hydrogen-bond acceptors (Lipinski definition) is 6. The molecule has 0 unspecified atom stereocenters. The van der Waals surface area contributed by atoms with E-state index in [9.17, 15) is 14.7 Å². The summed E-state index contributed by atoms with van der Waals surface area (Å²) in [6.45, 7) is 2.14. The van der Waals surface area contributed by atoms with E-state index in [1.807, 2.05) is 66.7 Å². The Morgan fingerprint density at radius 1 is 0.925 bits per heavy atom. The standard InChI is InChI=1S/C32H38N2O5S/c1-23(36)33-18-7-3-6-13-31(37)34-27-10-8-9-26(19-27)32-38-28(22-40-29-11-4-2-5-12-29)20-30(39-32)25-16-14-24(21-35)15-17-25/h2,4-5,8-12,14-17,19,28,30,32,35H,3,6-7,13,18,20-22H2,1H3,(H,33,36)(H,34,37)/t28-,30+,32+/m1/s1. The van der Waals surface area contributed by atoms with Crippen LogP contribution < -0.4 is 10.6 Å². The molecule has 1 fully saturated rings. The highest BCUT2D eigenvalue weighted by Gasteiger charge is 2.32. The topological polar surface area (TPSA) is 96.9 Å². The van der Waals surface area contributed by atoms with Crippen molar-refractivity contribution >= 4 is 29.3 Å². The van der Waals surface area contributed by atoms with Gasteiger partial charge < -0.3 is 25.2 Å². The number of rotatable bonds is 13. The van der Waals surface area contributed by atoms with E-state index in [2.05, 4.69) is 22.8 Å². The maximum atomic E-state index is 12.5. The van der Waals surface area contributed by atoms with Crippen molar-refractivity contribution in [2.24, 2.45) is 0 Å². The molecule has 1 saturated heterocycles. The normalized spacial score (nSPS) is 18.7. The first kappa shape index (κ1) is 29.8. The molecule has 0 radical (unpaired) electrons. The molecule has 3 atom stereocenters. The quantitative estimate of drug-likeness (QED) is 0.171. The van der Waals surface area contributed by atoms with Gasteiger partial charge in [0.25, 0.3) is 0 Å². The Balaban J connectivity index is 1.39. The zero-order valence-corrected chi connectivity index (χ0v) is 23.7. The molecule has 1 aliphatic rings. The van der Waals surface area contributed by atoms with Gasteiger partial charge in [-0.2, -0.15) is 0 Å². The molecule has 3 aromatic rings. The minimum atomic E-state index is -0.580. The smallest absolute Gasteiger partial charge is 0.224 e. The van der Waals surface area contributed by atoms with E-state index in [1.165, 1.54) is 11.8 Å². The molecular formula is C32H38N2O5S. The third-order valence-corrected chi connectivity index (χ3v) is 7.84. The maximum Gasteiger partial charge on any atom is 0.224 e. The second kappa shape index (κ2) is 15.6. The van der Waals surface area contributed by atoms with Crippen molar-refractivity contribution in [1.82, 2.24) is 5.32 Å². The number of carbonyl (C=O) groups is 2. The van der Waals surface area contributed by atoms with Gasteiger partial charge >= 0.3 is 0 Å². The van der Waals surface area contributed by atoms with E-state index in [1.54, 1.807) is 11.8 Å². The molecule has 212 valence electrons. The molecular weight excluding hydrogens is 524 g/mol. The van der Waals surface area contributed by atoms with E-state index >= 15 is 0 Å². The molecule has 1 aliphatic heterocycles. The Morgan fingerprint density at radius 3 is 2.48 bits per heavy atom. The highest BCUT2D eigenvalue weighted by atomic mass is 32.2. The molecule has 0 saturated carbocycles. The minimum absolute atomic E-state index is 0.00344. The van der Waals surface area contributed by atoms with Gasteiger partial charge in [0, 0.05) is 48.2 Å². The maximum absolute atomic E-state index is 12.5. The fourth-order valence-electron chi connectivity index (χ4n) is 4.57. The van der Waals surface area contributed by atoms with Crippen LogP contribution in [-0.4, -0.2) is 35.3 Å². The first-order chi connectivity index (χ1) is 19.5. The number of nitrogens with one attached hydrogen (secondary N) is 2. The highest BCUT2D eigenvalue weighted by molar-refractivity contribution is 7.99. The van der Waals surface area contributed by atoms with Crippen molar-refractivity contribution in [3.05, 3.63) is 95.6 Å². The summed E-state index contributed by atoms with van der Waals surface area (Å²) in [7, 11) is 0.